The predicted molar refractivity (Wildman–Crippen MR) is 310 cm³/mol. The molecule has 4 aliphatic heterocycles. The van der Waals surface area contributed by atoms with Gasteiger partial charge in [-0.3, -0.25) is 38.6 Å². The van der Waals surface area contributed by atoms with Gasteiger partial charge in [0.15, 0.2) is 12.1 Å². The van der Waals surface area contributed by atoms with Crippen molar-refractivity contribution in [3.8, 4) is 0 Å². The van der Waals surface area contributed by atoms with Crippen molar-refractivity contribution in [1.29, 1.82) is 0 Å². The zero-order valence-corrected chi connectivity index (χ0v) is 56.2. The number of rotatable bonds is 18. The summed E-state index contributed by atoms with van der Waals surface area (Å²) in [7, 11) is 3.62. The first-order valence-corrected chi connectivity index (χ1v) is 27.6. The van der Waals surface area contributed by atoms with Gasteiger partial charge < -0.3 is 92.5 Å². The molecule has 10 atom stereocenters. The molecule has 0 saturated carbocycles. The summed E-state index contributed by atoms with van der Waals surface area (Å²) in [6, 6.07) is 13.4. The van der Waals surface area contributed by atoms with Crippen molar-refractivity contribution in [3.05, 3.63) is 71.8 Å². The number of aliphatic carboxylic acids is 2. The van der Waals surface area contributed by atoms with Crippen LogP contribution in [0.2, 0.25) is 0 Å². The Balaban J connectivity index is -0.000000337. The summed E-state index contributed by atoms with van der Waals surface area (Å²) >= 11 is 0. The van der Waals surface area contributed by atoms with Crippen LogP contribution in [0, 0.1) is 0 Å². The smallest absolute Gasteiger partial charge is 1.00 e. The zero-order valence-electron chi connectivity index (χ0n) is 53.2. The quantitative estimate of drug-likeness (QED) is 0.0166. The van der Waals surface area contributed by atoms with Crippen LogP contribution in [0.5, 0.6) is 0 Å². The summed E-state index contributed by atoms with van der Waals surface area (Å²) in [5.41, 5.74) is 6.88. The van der Waals surface area contributed by atoms with Crippen LogP contribution in [0.3, 0.4) is 0 Å². The van der Waals surface area contributed by atoms with Crippen molar-refractivity contribution in [1.82, 2.24) is 31.1 Å². The maximum absolute atomic E-state index is 12.5. The van der Waals surface area contributed by atoms with Crippen molar-refractivity contribution >= 4 is 66.3 Å². The Morgan fingerprint density at radius 2 is 1.01 bits per heavy atom. The van der Waals surface area contributed by atoms with Gasteiger partial charge in [0.05, 0.1) is 52.3 Å². The molecule has 0 unspecified atom stereocenters. The van der Waals surface area contributed by atoms with Crippen LogP contribution in [-0.4, -0.2) is 216 Å². The molecule has 33 heteroatoms. The van der Waals surface area contributed by atoms with E-state index in [1.54, 1.807) is 6.92 Å². The molecule has 4 fully saturated rings. The van der Waals surface area contributed by atoms with Crippen molar-refractivity contribution in [2.45, 2.75) is 167 Å². The fourth-order valence-electron chi connectivity index (χ4n) is 7.95. The Morgan fingerprint density at radius 3 is 1.30 bits per heavy atom. The molecule has 4 aliphatic rings. The molecule has 31 nitrogen and oxygen atoms in total. The fourth-order valence-corrected chi connectivity index (χ4v) is 7.95. The number of benzene rings is 2. The van der Waals surface area contributed by atoms with Crippen LogP contribution in [0.4, 0.5) is 9.59 Å². The number of aliphatic hydroxyl groups is 3. The average Bonchev–Trinajstić information content (AvgIpc) is 2.37. The minimum absolute atomic E-state index is 0. The van der Waals surface area contributed by atoms with Crippen molar-refractivity contribution in [2.24, 2.45) is 5.73 Å². The SMILES string of the molecule is C.CCOC(C)=O.COC(=O)[C@@H](N)[C@@H](C)O.COC(=O)[C@@H](NC(=O)[C@@H]1CCCN1)[C@@H](C)O.COC(=O)[C@@H](NC(=O)[C@@H]1CCCN1C(=O)OCc1ccccc1)[C@@H](C)O.O=C(O)[C@@H]1CCCN1.O=C(O)[C@@H]1CCCN1C(=O)OCc1ccccc1.O=CO[O-].[H-].[Na+].[Na+]. The first kappa shape index (κ1) is 90.3. The molecule has 0 radical (unpaired) electrons. The summed E-state index contributed by atoms with van der Waals surface area (Å²) in [6.45, 7) is 10.5. The van der Waals surface area contributed by atoms with E-state index in [4.69, 9.17) is 40.6 Å². The molecule has 0 aliphatic carbocycles. The first-order chi connectivity index (χ1) is 41.3. The topological polar surface area (TPSA) is 457 Å². The number of hydrogen-bond acceptors (Lipinski definition) is 25. The molecular weight excluding hydrogens is 1210 g/mol. The molecule has 4 heterocycles. The van der Waals surface area contributed by atoms with Gasteiger partial charge >= 0.3 is 107 Å². The molecule has 6 rings (SSSR count). The molecule has 500 valence electrons. The summed E-state index contributed by atoms with van der Waals surface area (Å²) < 4.78 is 28.1. The van der Waals surface area contributed by atoms with Gasteiger partial charge in [0.25, 0.3) is 6.47 Å². The predicted octanol–water partition coefficient (Wildman–Crippen LogP) is -6.07. The van der Waals surface area contributed by atoms with Crippen molar-refractivity contribution in [2.75, 3.05) is 54.1 Å². The van der Waals surface area contributed by atoms with E-state index in [-0.39, 0.29) is 112 Å². The van der Waals surface area contributed by atoms with E-state index in [0.717, 1.165) is 49.9 Å². The maximum Gasteiger partial charge on any atom is 1.00 e. The molecular formula is C57H91N7Na2O24. The number of carboxylic acids is 2. The van der Waals surface area contributed by atoms with Crippen LogP contribution in [-0.2, 0) is 89.7 Å². The number of carboxylic acid groups (broad SMARTS) is 2. The normalized spacial score (nSPS) is 18.2. The third kappa shape index (κ3) is 37.3. The van der Waals surface area contributed by atoms with E-state index in [9.17, 15) is 58.2 Å². The minimum atomic E-state index is -1.18. The monoisotopic (exact) mass is 1300 g/mol. The molecule has 90 heavy (non-hydrogen) atoms. The molecule has 4 saturated heterocycles. The Hall–Kier alpha value is -6.07. The molecule has 0 bridgehead atoms. The van der Waals surface area contributed by atoms with Gasteiger partial charge in [0, 0.05) is 20.0 Å². The van der Waals surface area contributed by atoms with E-state index in [1.165, 1.54) is 58.8 Å². The van der Waals surface area contributed by atoms with Gasteiger partial charge in [-0.1, -0.05) is 68.1 Å². The Labute approximate surface area is 570 Å². The largest absolute Gasteiger partial charge is 1.00 e. The molecule has 11 N–H and O–H groups in total. The average molecular weight is 1300 g/mol. The number of likely N-dealkylation sites (tertiary alicyclic amines) is 2. The van der Waals surface area contributed by atoms with E-state index < -0.39 is 96.5 Å². The van der Waals surface area contributed by atoms with Gasteiger partial charge in [-0.2, -0.15) is 0 Å². The number of nitrogens with zero attached hydrogens (tertiary/aromatic N) is 2. The molecule has 0 aromatic heterocycles. The van der Waals surface area contributed by atoms with E-state index in [2.05, 4.69) is 45.1 Å². The van der Waals surface area contributed by atoms with Gasteiger partial charge in [0.2, 0.25) is 11.8 Å². The molecule has 0 spiro atoms. The first-order valence-electron chi connectivity index (χ1n) is 27.6. The summed E-state index contributed by atoms with van der Waals surface area (Å²) in [5.74, 6) is -4.66. The third-order valence-corrected chi connectivity index (χ3v) is 12.6. The van der Waals surface area contributed by atoms with E-state index in [0.29, 0.717) is 45.4 Å². The van der Waals surface area contributed by atoms with Crippen molar-refractivity contribution in [3.63, 3.8) is 0 Å². The molecule has 2 aromatic carbocycles. The van der Waals surface area contributed by atoms with Gasteiger partial charge in [-0.25, -0.2) is 24.0 Å². The third-order valence-electron chi connectivity index (χ3n) is 12.6. The second kappa shape index (κ2) is 52.5. The van der Waals surface area contributed by atoms with Crippen LogP contribution in [0.15, 0.2) is 60.7 Å². The van der Waals surface area contributed by atoms with Crippen LogP contribution < -0.4 is 91.4 Å². The van der Waals surface area contributed by atoms with Crippen molar-refractivity contribution < 1.29 is 177 Å². The number of carbonyl (C=O) groups excluding carboxylic acids is 9. The number of esters is 4. The maximum atomic E-state index is 12.5. The zero-order chi connectivity index (χ0) is 66.0. The second-order valence-corrected chi connectivity index (χ2v) is 19.2. The van der Waals surface area contributed by atoms with Gasteiger partial charge in [-0.15, -0.1) is 0 Å². The number of carbonyl (C=O) groups is 11. The van der Waals surface area contributed by atoms with Gasteiger partial charge in [-0.05, 0) is 103 Å². The summed E-state index contributed by atoms with van der Waals surface area (Å²) in [5, 5.41) is 64.3. The second-order valence-electron chi connectivity index (χ2n) is 19.2. The van der Waals surface area contributed by atoms with Crippen LogP contribution >= 0.6 is 0 Å². The standard InChI is InChI=1S/C18H24N2O6.C13H15NO4.C10H18N2O4.C5H11NO3.C5H9NO2.C4H8O2.CH2O3.CH4.2Na.H/c1-12(21)15(17(23)25-2)19-16(22)14-9-6-10-20(14)18(24)26-11-13-7-4-3-5-8-13;15-12(16)11-7-4-8-14(11)13(17)18-9-10-5-2-1-3-6-10;1-6(13)8(10(15)16-2)12-9(14)7-4-3-5-11-7;1-3(7)4(6)5(8)9-2;7-5(8)4-2-1-3-6-4;1-3-6-4(2)5;2-1-4-3;;;;/h3-5,7-8,12,14-15,21H,6,9-11H2,1-2H3,(H,19,22);1-3,5-6,11H,4,7-9H2,(H,15,16);6-8,11,13H,3-5H2,1-2H3,(H,12,14);3-4,7H,6H2,1-2H3;4,6H,1-3H2,(H,7,8);3H2,1-2H3;1,3H;1H4;;;/q;;;;;;;;2*+1;-1/p-1/t12-,14+,15+;11-;6-,7+,8+;3-,4+;4-;;;;;;/m10110....../s1. The summed E-state index contributed by atoms with van der Waals surface area (Å²) in [4.78, 5) is 126. The van der Waals surface area contributed by atoms with E-state index in [1.807, 2.05) is 60.7 Å². The number of aliphatic hydroxyl groups excluding tert-OH is 3. The Kier molecular flexibility index (Phi) is 52.7. The summed E-state index contributed by atoms with van der Waals surface area (Å²) in [6.07, 6.45) is 1.70. The number of nitrogens with one attached hydrogen (secondary N) is 4. The van der Waals surface area contributed by atoms with Crippen LogP contribution in [0.1, 0.15) is 106 Å². The minimum Gasteiger partial charge on any atom is -1.00 e. The number of ether oxygens (including phenoxy) is 6. The van der Waals surface area contributed by atoms with E-state index >= 15 is 0 Å². The number of amides is 4. The number of methoxy groups -OCH3 is 3. The van der Waals surface area contributed by atoms with Gasteiger partial charge in [0.1, 0.15) is 37.4 Å². The Bertz CT molecular complexity index is 2400. The number of nitrogens with two attached hydrogens (primary N) is 1. The number of hydrogen-bond donors (Lipinski definition) is 10. The van der Waals surface area contributed by atoms with Crippen LogP contribution in [0.25, 0.3) is 0 Å². The molecule has 4 amide bonds. The Morgan fingerprint density at radius 1 is 0.622 bits per heavy atom. The molecule has 2 aromatic rings. The fraction of sp³-hybridized carbons (Fsp3) is 0.596.